The fraction of sp³-hybridized carbons (Fsp3) is 0.312. The molecule has 1 atom stereocenters. The van der Waals surface area contributed by atoms with Crippen LogP contribution in [0.4, 0.5) is 5.69 Å². The maximum atomic E-state index is 12.1. The molecule has 22 heavy (non-hydrogen) atoms. The first-order valence-electron chi connectivity index (χ1n) is 7.24. The van der Waals surface area contributed by atoms with E-state index >= 15 is 0 Å². The average molecular weight is 297 g/mol. The summed E-state index contributed by atoms with van der Waals surface area (Å²) in [5, 5.41) is 8.13. The number of hydrogen-bond donors (Lipinski definition) is 1. The molecule has 6 nitrogen and oxygen atoms in total. The summed E-state index contributed by atoms with van der Waals surface area (Å²) in [6.07, 6.45) is 3.45. The van der Waals surface area contributed by atoms with Gasteiger partial charge in [0.1, 0.15) is 12.7 Å². The van der Waals surface area contributed by atoms with Gasteiger partial charge in [0.25, 0.3) is 0 Å². The van der Waals surface area contributed by atoms with Crippen LogP contribution in [0.1, 0.15) is 25.1 Å². The lowest BCUT2D eigenvalue weighted by Crippen LogP contribution is -2.17. The van der Waals surface area contributed by atoms with E-state index < -0.39 is 0 Å². The molecule has 2 aromatic heterocycles. The van der Waals surface area contributed by atoms with Gasteiger partial charge < -0.3 is 9.88 Å². The number of hydrogen-bond acceptors (Lipinski definition) is 3. The molecule has 0 aliphatic rings. The first-order valence-corrected chi connectivity index (χ1v) is 7.24. The number of benzene rings is 1. The number of amides is 1. The monoisotopic (exact) mass is 297 g/mol. The van der Waals surface area contributed by atoms with Crippen LogP contribution in [0.2, 0.25) is 0 Å². The van der Waals surface area contributed by atoms with E-state index in [-0.39, 0.29) is 11.9 Å². The van der Waals surface area contributed by atoms with Crippen molar-refractivity contribution in [2.24, 2.45) is 7.05 Å². The fourth-order valence-electron chi connectivity index (χ4n) is 2.58. The predicted octanol–water partition coefficient (Wildman–Crippen LogP) is 2.67. The van der Waals surface area contributed by atoms with Gasteiger partial charge in [0.15, 0.2) is 0 Å². The Balaban J connectivity index is 1.71. The summed E-state index contributed by atoms with van der Waals surface area (Å²) in [7, 11) is 2.04. The second kappa shape index (κ2) is 5.63. The minimum Gasteiger partial charge on any atom is -0.348 e. The highest BCUT2D eigenvalue weighted by atomic mass is 16.1. The van der Waals surface area contributed by atoms with E-state index in [1.807, 2.05) is 32.2 Å². The molecule has 0 aliphatic heterocycles. The molecule has 0 saturated carbocycles. The highest BCUT2D eigenvalue weighted by molar-refractivity contribution is 5.94. The summed E-state index contributed by atoms with van der Waals surface area (Å²) >= 11 is 0. The third kappa shape index (κ3) is 2.72. The van der Waals surface area contributed by atoms with Crippen LogP contribution in [0.15, 0.2) is 36.9 Å². The molecule has 0 saturated heterocycles. The van der Waals surface area contributed by atoms with E-state index in [0.717, 1.165) is 16.6 Å². The summed E-state index contributed by atoms with van der Waals surface area (Å²) < 4.78 is 3.82. The van der Waals surface area contributed by atoms with Crippen molar-refractivity contribution >= 4 is 22.5 Å². The number of aryl methyl sites for hydroxylation is 2. The van der Waals surface area contributed by atoms with Crippen LogP contribution in [0.3, 0.4) is 0 Å². The molecule has 2 heterocycles. The van der Waals surface area contributed by atoms with Crippen LogP contribution in [-0.4, -0.2) is 25.2 Å². The molecule has 0 radical (unpaired) electrons. The third-order valence-corrected chi connectivity index (χ3v) is 3.94. The maximum Gasteiger partial charge on any atom is 0.226 e. The van der Waals surface area contributed by atoms with Gasteiger partial charge >= 0.3 is 0 Å². The molecule has 1 N–H and O–H groups in total. The Kier molecular flexibility index (Phi) is 3.66. The normalized spacial score (nSPS) is 12.5. The Hall–Kier alpha value is -2.63. The SMILES string of the molecule is Cc1cc2cc(NC(=O)C[C@H](C)n3cncn3)ccc2n1C. The highest BCUT2D eigenvalue weighted by Crippen LogP contribution is 2.22. The van der Waals surface area contributed by atoms with Gasteiger partial charge in [-0.3, -0.25) is 4.79 Å². The van der Waals surface area contributed by atoms with Crippen molar-refractivity contribution in [1.29, 1.82) is 0 Å². The molecule has 0 fully saturated rings. The molecule has 0 aliphatic carbocycles. The minimum absolute atomic E-state index is 0.0230. The van der Waals surface area contributed by atoms with Gasteiger partial charge in [0.2, 0.25) is 5.91 Å². The van der Waals surface area contributed by atoms with E-state index in [2.05, 4.69) is 33.0 Å². The minimum atomic E-state index is -0.0324. The van der Waals surface area contributed by atoms with Crippen molar-refractivity contribution in [3.8, 4) is 0 Å². The second-order valence-electron chi connectivity index (χ2n) is 5.60. The predicted molar refractivity (Wildman–Crippen MR) is 85.6 cm³/mol. The van der Waals surface area contributed by atoms with Crippen molar-refractivity contribution in [2.45, 2.75) is 26.3 Å². The third-order valence-electron chi connectivity index (χ3n) is 3.94. The summed E-state index contributed by atoms with van der Waals surface area (Å²) in [4.78, 5) is 16.0. The summed E-state index contributed by atoms with van der Waals surface area (Å²) in [5.74, 6) is -0.0324. The Morgan fingerprint density at radius 1 is 1.36 bits per heavy atom. The van der Waals surface area contributed by atoms with Gasteiger partial charge in [0, 0.05) is 35.8 Å². The quantitative estimate of drug-likeness (QED) is 0.805. The molecule has 0 spiro atoms. The zero-order chi connectivity index (χ0) is 15.7. The van der Waals surface area contributed by atoms with Crippen LogP contribution in [-0.2, 0) is 11.8 Å². The number of aromatic nitrogens is 4. The molecule has 6 heteroatoms. The lowest BCUT2D eigenvalue weighted by Gasteiger charge is -2.11. The molecular weight excluding hydrogens is 278 g/mol. The Morgan fingerprint density at radius 3 is 2.91 bits per heavy atom. The molecule has 1 aromatic carbocycles. The fourth-order valence-corrected chi connectivity index (χ4v) is 2.58. The van der Waals surface area contributed by atoms with Crippen molar-refractivity contribution in [2.75, 3.05) is 5.32 Å². The number of anilines is 1. The number of carbonyl (C=O) groups is 1. The van der Waals surface area contributed by atoms with Crippen LogP contribution >= 0.6 is 0 Å². The highest BCUT2D eigenvalue weighted by Gasteiger charge is 2.12. The molecule has 3 rings (SSSR count). The standard InChI is InChI=1S/C16H19N5O/c1-11-6-13-8-14(4-5-15(13)20(11)3)19-16(22)7-12(2)21-10-17-9-18-21/h4-6,8-10,12H,7H2,1-3H3,(H,19,22)/t12-/m0/s1. The molecule has 114 valence electrons. The lowest BCUT2D eigenvalue weighted by atomic mass is 10.2. The van der Waals surface area contributed by atoms with Crippen LogP contribution in [0.5, 0.6) is 0 Å². The van der Waals surface area contributed by atoms with Gasteiger partial charge in [-0.1, -0.05) is 0 Å². The zero-order valence-electron chi connectivity index (χ0n) is 12.9. The van der Waals surface area contributed by atoms with E-state index in [9.17, 15) is 4.79 Å². The Morgan fingerprint density at radius 2 is 2.18 bits per heavy atom. The molecule has 0 unspecified atom stereocenters. The van der Waals surface area contributed by atoms with Crippen molar-refractivity contribution in [1.82, 2.24) is 19.3 Å². The molecular formula is C16H19N5O. The Bertz CT molecular complexity index is 803. The number of nitrogens with one attached hydrogen (secondary N) is 1. The number of fused-ring (bicyclic) bond motifs is 1. The average Bonchev–Trinajstić information content (AvgIpc) is 3.08. The van der Waals surface area contributed by atoms with E-state index in [4.69, 9.17) is 0 Å². The van der Waals surface area contributed by atoms with Crippen LogP contribution < -0.4 is 5.32 Å². The molecule has 0 bridgehead atoms. The number of nitrogens with zero attached hydrogens (tertiary/aromatic N) is 4. The van der Waals surface area contributed by atoms with Gasteiger partial charge in [0.05, 0.1) is 6.04 Å². The first kappa shape index (κ1) is 14.3. The smallest absolute Gasteiger partial charge is 0.226 e. The second-order valence-corrected chi connectivity index (χ2v) is 5.60. The topological polar surface area (TPSA) is 64.7 Å². The van der Waals surface area contributed by atoms with Gasteiger partial charge in [-0.25, -0.2) is 9.67 Å². The molecule has 1 amide bonds. The van der Waals surface area contributed by atoms with Crippen LogP contribution in [0.25, 0.3) is 10.9 Å². The first-order chi connectivity index (χ1) is 10.5. The summed E-state index contributed by atoms with van der Waals surface area (Å²) in [6.45, 7) is 4.01. The van der Waals surface area contributed by atoms with Crippen molar-refractivity contribution in [3.05, 3.63) is 42.6 Å². The lowest BCUT2D eigenvalue weighted by molar-refractivity contribution is -0.116. The van der Waals surface area contributed by atoms with E-state index in [1.54, 1.807) is 11.0 Å². The van der Waals surface area contributed by atoms with Crippen molar-refractivity contribution < 1.29 is 4.79 Å². The van der Waals surface area contributed by atoms with Crippen molar-refractivity contribution in [3.63, 3.8) is 0 Å². The summed E-state index contributed by atoms with van der Waals surface area (Å²) in [5.41, 5.74) is 3.17. The molecule has 3 aromatic rings. The number of carbonyl (C=O) groups excluding carboxylic acids is 1. The largest absolute Gasteiger partial charge is 0.348 e. The van der Waals surface area contributed by atoms with Crippen LogP contribution in [0, 0.1) is 6.92 Å². The van der Waals surface area contributed by atoms with E-state index in [1.165, 1.54) is 12.0 Å². The maximum absolute atomic E-state index is 12.1. The Labute approximate surface area is 128 Å². The van der Waals surface area contributed by atoms with E-state index in [0.29, 0.717) is 6.42 Å². The summed E-state index contributed by atoms with van der Waals surface area (Å²) in [6, 6.07) is 8.05. The zero-order valence-corrected chi connectivity index (χ0v) is 12.9. The van der Waals surface area contributed by atoms with Gasteiger partial charge in [-0.05, 0) is 38.1 Å². The number of rotatable bonds is 4. The van der Waals surface area contributed by atoms with Gasteiger partial charge in [-0.15, -0.1) is 0 Å². The van der Waals surface area contributed by atoms with Gasteiger partial charge in [-0.2, -0.15) is 5.10 Å².